The number of carbonyl (C=O) groups is 1. The first-order valence-corrected chi connectivity index (χ1v) is 8.71. The Kier molecular flexibility index (Phi) is 3.89. The summed E-state index contributed by atoms with van der Waals surface area (Å²) in [6.07, 6.45) is 11.8. The molecule has 4 rings (SSSR count). The van der Waals surface area contributed by atoms with E-state index in [4.69, 9.17) is 4.98 Å². The third kappa shape index (κ3) is 2.90. The summed E-state index contributed by atoms with van der Waals surface area (Å²) in [5.41, 5.74) is 1.24. The minimum absolute atomic E-state index is 0.0435. The van der Waals surface area contributed by atoms with E-state index in [9.17, 15) is 4.79 Å². The molecule has 1 saturated heterocycles. The summed E-state index contributed by atoms with van der Waals surface area (Å²) in [6, 6.07) is 2.28. The molecular weight excluding hydrogens is 290 g/mol. The Morgan fingerprint density at radius 3 is 2.70 bits per heavy atom. The van der Waals surface area contributed by atoms with Gasteiger partial charge in [-0.3, -0.25) is 4.79 Å². The molecule has 122 valence electrons. The van der Waals surface area contributed by atoms with Crippen LogP contribution in [0.5, 0.6) is 0 Å². The van der Waals surface area contributed by atoms with Crippen molar-refractivity contribution in [2.45, 2.75) is 51.0 Å². The quantitative estimate of drug-likeness (QED) is 0.945. The smallest absolute Gasteiger partial charge is 0.256 e. The molecule has 0 atom stereocenters. The largest absolute Gasteiger partial charge is 0.357 e. The van der Waals surface area contributed by atoms with Gasteiger partial charge in [-0.15, -0.1) is 0 Å². The zero-order chi connectivity index (χ0) is 15.6. The van der Waals surface area contributed by atoms with Crippen LogP contribution in [-0.4, -0.2) is 39.6 Å². The van der Waals surface area contributed by atoms with E-state index in [1.807, 2.05) is 12.3 Å². The minimum atomic E-state index is -0.0435. The van der Waals surface area contributed by atoms with Crippen LogP contribution in [0.4, 0.5) is 5.82 Å². The molecule has 1 aliphatic carbocycles. The standard InChI is InChI=1S/C17H23N5O/c23-17(19-13-6-2-1-3-7-13)14-12-18-22-11-8-15(20-16(14)22)21-9-4-5-10-21/h8,11-13H,1-7,9-10H2,(H,19,23). The van der Waals surface area contributed by atoms with Gasteiger partial charge in [0, 0.05) is 25.3 Å². The van der Waals surface area contributed by atoms with Gasteiger partial charge in [0.25, 0.3) is 5.91 Å². The Hall–Kier alpha value is -2.11. The molecule has 1 saturated carbocycles. The number of carbonyl (C=O) groups excluding carboxylic acids is 1. The van der Waals surface area contributed by atoms with Gasteiger partial charge in [-0.25, -0.2) is 9.50 Å². The van der Waals surface area contributed by atoms with Gasteiger partial charge in [0.1, 0.15) is 11.4 Å². The van der Waals surface area contributed by atoms with Gasteiger partial charge in [0.05, 0.1) is 6.20 Å². The number of nitrogens with one attached hydrogen (secondary N) is 1. The summed E-state index contributed by atoms with van der Waals surface area (Å²) in [7, 11) is 0. The molecule has 0 bridgehead atoms. The molecule has 0 unspecified atom stereocenters. The highest BCUT2D eigenvalue weighted by Crippen LogP contribution is 2.21. The minimum Gasteiger partial charge on any atom is -0.357 e. The van der Waals surface area contributed by atoms with Crippen molar-refractivity contribution in [1.29, 1.82) is 0 Å². The van der Waals surface area contributed by atoms with Crippen LogP contribution in [0.15, 0.2) is 18.5 Å². The number of hydrogen-bond donors (Lipinski definition) is 1. The molecule has 1 aliphatic heterocycles. The van der Waals surface area contributed by atoms with Crippen LogP contribution in [0.2, 0.25) is 0 Å². The van der Waals surface area contributed by atoms with Gasteiger partial charge in [0.15, 0.2) is 5.65 Å². The van der Waals surface area contributed by atoms with Crippen LogP contribution >= 0.6 is 0 Å². The van der Waals surface area contributed by atoms with Crippen molar-refractivity contribution in [3.8, 4) is 0 Å². The zero-order valence-corrected chi connectivity index (χ0v) is 13.4. The maximum absolute atomic E-state index is 12.6. The molecule has 23 heavy (non-hydrogen) atoms. The molecule has 1 amide bonds. The molecule has 0 radical (unpaired) electrons. The summed E-state index contributed by atoms with van der Waals surface area (Å²) >= 11 is 0. The second-order valence-corrected chi connectivity index (χ2v) is 6.61. The van der Waals surface area contributed by atoms with Crippen molar-refractivity contribution in [2.24, 2.45) is 0 Å². The average molecular weight is 313 g/mol. The lowest BCUT2D eigenvalue weighted by Gasteiger charge is -2.22. The van der Waals surface area contributed by atoms with E-state index in [0.717, 1.165) is 31.7 Å². The SMILES string of the molecule is O=C(NC1CCCCC1)c1cnn2ccc(N3CCCC3)nc12. The number of rotatable bonds is 3. The van der Waals surface area contributed by atoms with Crippen molar-refractivity contribution in [1.82, 2.24) is 19.9 Å². The van der Waals surface area contributed by atoms with Crippen LogP contribution in [0.1, 0.15) is 55.3 Å². The third-order valence-corrected chi connectivity index (χ3v) is 4.97. The Morgan fingerprint density at radius 2 is 1.91 bits per heavy atom. The van der Waals surface area contributed by atoms with Crippen LogP contribution < -0.4 is 10.2 Å². The molecule has 2 aromatic heterocycles. The van der Waals surface area contributed by atoms with Gasteiger partial charge in [-0.1, -0.05) is 19.3 Å². The van der Waals surface area contributed by atoms with Gasteiger partial charge >= 0.3 is 0 Å². The molecule has 2 fully saturated rings. The number of amides is 1. The van der Waals surface area contributed by atoms with Crippen LogP contribution in [-0.2, 0) is 0 Å². The lowest BCUT2D eigenvalue weighted by molar-refractivity contribution is 0.0929. The van der Waals surface area contributed by atoms with Crippen molar-refractivity contribution in [3.05, 3.63) is 24.0 Å². The van der Waals surface area contributed by atoms with E-state index in [2.05, 4.69) is 15.3 Å². The molecular formula is C17H23N5O. The molecule has 0 aromatic carbocycles. The molecule has 1 N–H and O–H groups in total. The van der Waals surface area contributed by atoms with Gasteiger partial charge in [-0.2, -0.15) is 5.10 Å². The van der Waals surface area contributed by atoms with E-state index in [0.29, 0.717) is 17.3 Å². The summed E-state index contributed by atoms with van der Waals surface area (Å²) in [4.78, 5) is 19.6. The van der Waals surface area contributed by atoms with E-state index in [1.54, 1.807) is 10.7 Å². The molecule has 3 heterocycles. The van der Waals surface area contributed by atoms with Crippen molar-refractivity contribution < 1.29 is 4.79 Å². The summed E-state index contributed by atoms with van der Waals surface area (Å²) in [6.45, 7) is 2.09. The van der Waals surface area contributed by atoms with Crippen molar-refractivity contribution >= 4 is 17.4 Å². The summed E-state index contributed by atoms with van der Waals surface area (Å²) < 4.78 is 1.69. The number of nitrogens with zero attached hydrogens (tertiary/aromatic N) is 4. The first-order chi connectivity index (χ1) is 11.3. The fraction of sp³-hybridized carbons (Fsp3) is 0.588. The number of aromatic nitrogens is 3. The fourth-order valence-electron chi connectivity index (χ4n) is 3.65. The molecule has 2 aromatic rings. The lowest BCUT2D eigenvalue weighted by Crippen LogP contribution is -2.36. The lowest BCUT2D eigenvalue weighted by atomic mass is 9.95. The summed E-state index contributed by atoms with van der Waals surface area (Å²) in [5, 5.41) is 7.43. The Bertz CT molecular complexity index is 698. The Balaban J connectivity index is 1.58. The third-order valence-electron chi connectivity index (χ3n) is 4.97. The van der Waals surface area contributed by atoms with Crippen molar-refractivity contribution in [2.75, 3.05) is 18.0 Å². The maximum atomic E-state index is 12.6. The maximum Gasteiger partial charge on any atom is 0.256 e. The topological polar surface area (TPSA) is 62.5 Å². The highest BCUT2D eigenvalue weighted by Gasteiger charge is 2.21. The van der Waals surface area contributed by atoms with E-state index in [-0.39, 0.29) is 5.91 Å². The number of hydrogen-bond acceptors (Lipinski definition) is 4. The molecule has 6 nitrogen and oxygen atoms in total. The first kappa shape index (κ1) is 14.5. The number of anilines is 1. The van der Waals surface area contributed by atoms with E-state index >= 15 is 0 Å². The van der Waals surface area contributed by atoms with Gasteiger partial charge in [0.2, 0.25) is 0 Å². The predicted octanol–water partition coefficient (Wildman–Crippen LogP) is 2.39. The average Bonchev–Trinajstić information content (AvgIpc) is 3.25. The second-order valence-electron chi connectivity index (χ2n) is 6.61. The van der Waals surface area contributed by atoms with Crippen LogP contribution in [0, 0.1) is 0 Å². The van der Waals surface area contributed by atoms with Gasteiger partial charge in [-0.05, 0) is 31.7 Å². The van der Waals surface area contributed by atoms with E-state index < -0.39 is 0 Å². The highest BCUT2D eigenvalue weighted by molar-refractivity contribution is 5.99. The monoisotopic (exact) mass is 313 g/mol. The normalized spacial score (nSPS) is 19.4. The van der Waals surface area contributed by atoms with E-state index in [1.165, 1.54) is 32.1 Å². The van der Waals surface area contributed by atoms with Crippen LogP contribution in [0.3, 0.4) is 0 Å². The second kappa shape index (κ2) is 6.18. The van der Waals surface area contributed by atoms with Gasteiger partial charge < -0.3 is 10.2 Å². The molecule has 6 heteroatoms. The predicted molar refractivity (Wildman–Crippen MR) is 88.8 cm³/mol. The fourth-order valence-corrected chi connectivity index (χ4v) is 3.65. The molecule has 0 spiro atoms. The zero-order valence-electron chi connectivity index (χ0n) is 13.4. The first-order valence-electron chi connectivity index (χ1n) is 8.71. The Morgan fingerprint density at radius 1 is 1.13 bits per heavy atom. The van der Waals surface area contributed by atoms with Crippen molar-refractivity contribution in [3.63, 3.8) is 0 Å². The Labute approximate surface area is 135 Å². The number of fused-ring (bicyclic) bond motifs is 1. The molecule has 2 aliphatic rings. The summed E-state index contributed by atoms with van der Waals surface area (Å²) in [5.74, 6) is 0.903. The highest BCUT2D eigenvalue weighted by atomic mass is 16.1. The van der Waals surface area contributed by atoms with Crippen LogP contribution in [0.25, 0.3) is 5.65 Å².